The van der Waals surface area contributed by atoms with E-state index < -0.39 is 0 Å². The van der Waals surface area contributed by atoms with Crippen LogP contribution in [0.1, 0.15) is 28.2 Å². The summed E-state index contributed by atoms with van der Waals surface area (Å²) in [4.78, 5) is 27.3. The molecule has 0 saturated heterocycles. The van der Waals surface area contributed by atoms with Crippen LogP contribution in [0.25, 0.3) is 0 Å². The molecule has 1 unspecified atom stereocenters. The Bertz CT molecular complexity index is 761. The van der Waals surface area contributed by atoms with Crippen LogP contribution in [0.2, 0.25) is 0 Å². The zero-order chi connectivity index (χ0) is 18.2. The molecular weight excluding hydrogens is 338 g/mol. The molecule has 1 aliphatic rings. The summed E-state index contributed by atoms with van der Waals surface area (Å²) in [6.45, 7) is 1.31. The lowest BCUT2D eigenvalue weighted by molar-refractivity contribution is -0.115. The minimum atomic E-state index is -0.333. The Labute approximate surface area is 150 Å². The molecular formula is C18H19N3O3S. The van der Waals surface area contributed by atoms with E-state index in [1.807, 2.05) is 41.9 Å². The molecule has 25 heavy (non-hydrogen) atoms. The highest BCUT2D eigenvalue weighted by Crippen LogP contribution is 2.42. The number of aromatic nitrogens is 1. The third kappa shape index (κ3) is 4.84. The molecule has 3 rings (SSSR count). The maximum atomic E-state index is 11.9. The summed E-state index contributed by atoms with van der Waals surface area (Å²) in [5.41, 5.74) is 7.01. The number of carbonyl (C=O) groups is 2. The van der Waals surface area contributed by atoms with Crippen LogP contribution in [0, 0.1) is 0 Å². The molecule has 1 aromatic carbocycles. The lowest BCUT2D eigenvalue weighted by atomic mass is 10.1. The van der Waals surface area contributed by atoms with Gasteiger partial charge in [0.25, 0.3) is 0 Å². The van der Waals surface area contributed by atoms with Gasteiger partial charge in [-0.2, -0.15) is 0 Å². The Morgan fingerprint density at radius 1 is 1.20 bits per heavy atom. The predicted molar refractivity (Wildman–Crippen MR) is 98.8 cm³/mol. The number of nitrogens with two attached hydrogens (primary N) is 1. The second kappa shape index (κ2) is 8.89. The van der Waals surface area contributed by atoms with Crippen molar-refractivity contribution >= 4 is 29.3 Å². The summed E-state index contributed by atoms with van der Waals surface area (Å²) in [5.74, 6) is -0.663. The molecule has 0 fully saturated rings. The zero-order valence-corrected chi connectivity index (χ0v) is 14.8. The highest BCUT2D eigenvalue weighted by atomic mass is 32.2. The van der Waals surface area contributed by atoms with Crippen LogP contribution < -0.4 is 10.6 Å². The van der Waals surface area contributed by atoms with Gasteiger partial charge in [0.2, 0.25) is 5.91 Å². The van der Waals surface area contributed by atoms with Crippen molar-refractivity contribution in [3.05, 3.63) is 71.5 Å². The Morgan fingerprint density at radius 2 is 1.84 bits per heavy atom. The van der Waals surface area contributed by atoms with E-state index >= 15 is 0 Å². The average Bonchev–Trinajstić information content (AvgIpc) is 3.11. The van der Waals surface area contributed by atoms with Gasteiger partial charge < -0.3 is 15.4 Å². The van der Waals surface area contributed by atoms with Crippen molar-refractivity contribution in [2.24, 2.45) is 5.73 Å². The molecule has 6 nitrogen and oxygen atoms in total. The van der Waals surface area contributed by atoms with Crippen molar-refractivity contribution in [2.75, 3.05) is 12.0 Å². The quantitative estimate of drug-likeness (QED) is 0.850. The Hall–Kier alpha value is -2.80. The first-order chi connectivity index (χ1) is 12.0. The third-order valence-corrected chi connectivity index (χ3v) is 4.30. The summed E-state index contributed by atoms with van der Waals surface area (Å²) in [5, 5.41) is 2.12. The summed E-state index contributed by atoms with van der Waals surface area (Å²) in [7, 11) is 1.40. The van der Waals surface area contributed by atoms with Crippen LogP contribution in [0.15, 0.2) is 60.4 Å². The number of para-hydroxylation sites is 1. The van der Waals surface area contributed by atoms with Crippen LogP contribution in [-0.2, 0) is 9.53 Å². The number of benzene rings is 1. The molecule has 1 amide bonds. The number of nitrogens with zero attached hydrogens (tertiary/aromatic N) is 2. The van der Waals surface area contributed by atoms with E-state index in [0.717, 1.165) is 11.3 Å². The van der Waals surface area contributed by atoms with Crippen LogP contribution in [-0.4, -0.2) is 24.0 Å². The molecule has 1 atom stereocenters. The van der Waals surface area contributed by atoms with E-state index in [1.54, 1.807) is 30.2 Å². The number of pyridine rings is 1. The molecule has 0 spiro atoms. The number of amides is 1. The molecule has 1 aliphatic heterocycles. The molecule has 130 valence electrons. The van der Waals surface area contributed by atoms with Crippen molar-refractivity contribution < 1.29 is 14.3 Å². The van der Waals surface area contributed by atoms with Gasteiger partial charge in [0.15, 0.2) is 0 Å². The highest BCUT2D eigenvalue weighted by Gasteiger charge is 2.26. The van der Waals surface area contributed by atoms with Crippen LogP contribution in [0.5, 0.6) is 0 Å². The van der Waals surface area contributed by atoms with Crippen molar-refractivity contribution in [3.63, 3.8) is 0 Å². The normalized spacial score (nSPS) is 15.3. The predicted octanol–water partition coefficient (Wildman–Crippen LogP) is 3.08. The van der Waals surface area contributed by atoms with Gasteiger partial charge >= 0.3 is 5.97 Å². The molecule has 2 N–H and O–H groups in total. The summed E-state index contributed by atoms with van der Waals surface area (Å²) in [6, 6.07) is 11.4. The molecule has 0 aliphatic carbocycles. The highest BCUT2D eigenvalue weighted by molar-refractivity contribution is 8.02. The maximum Gasteiger partial charge on any atom is 0.339 e. The second-order valence-corrected chi connectivity index (χ2v) is 6.07. The number of hydrogen-bond acceptors (Lipinski definition) is 6. The maximum absolute atomic E-state index is 11.9. The van der Waals surface area contributed by atoms with Gasteiger partial charge in [0.1, 0.15) is 5.37 Å². The number of anilines is 1. The van der Waals surface area contributed by atoms with Crippen LogP contribution >= 0.6 is 11.8 Å². The van der Waals surface area contributed by atoms with Crippen molar-refractivity contribution in [1.29, 1.82) is 0 Å². The van der Waals surface area contributed by atoms with Crippen molar-refractivity contribution in [1.82, 2.24) is 4.98 Å². The van der Waals surface area contributed by atoms with Gasteiger partial charge in [0.05, 0.1) is 18.4 Å². The molecule has 2 aromatic rings. The largest absolute Gasteiger partial charge is 0.465 e. The minimum absolute atomic E-state index is 0.0961. The van der Waals surface area contributed by atoms with E-state index in [4.69, 9.17) is 4.74 Å². The van der Waals surface area contributed by atoms with Gasteiger partial charge in [-0.1, -0.05) is 12.1 Å². The van der Waals surface area contributed by atoms with Crippen molar-refractivity contribution in [3.8, 4) is 0 Å². The smallest absolute Gasteiger partial charge is 0.339 e. The van der Waals surface area contributed by atoms with E-state index in [0.29, 0.717) is 5.56 Å². The van der Waals surface area contributed by atoms with E-state index in [-0.39, 0.29) is 17.3 Å². The third-order valence-electron chi connectivity index (χ3n) is 3.26. The molecule has 1 aromatic heterocycles. The number of methoxy groups -OCH3 is 1. The lowest BCUT2D eigenvalue weighted by Gasteiger charge is -2.26. The molecule has 2 heterocycles. The van der Waals surface area contributed by atoms with Crippen LogP contribution in [0.3, 0.4) is 0 Å². The summed E-state index contributed by atoms with van der Waals surface area (Å²) < 4.78 is 4.87. The average molecular weight is 357 g/mol. The van der Waals surface area contributed by atoms with Crippen LogP contribution in [0.4, 0.5) is 5.69 Å². The van der Waals surface area contributed by atoms with E-state index in [2.05, 4.69) is 15.6 Å². The minimum Gasteiger partial charge on any atom is -0.465 e. The van der Waals surface area contributed by atoms with Gasteiger partial charge in [-0.3, -0.25) is 9.78 Å². The lowest BCUT2D eigenvalue weighted by Crippen LogP contribution is -2.20. The fourth-order valence-corrected chi connectivity index (χ4v) is 3.25. The number of ether oxygens (including phenoxy) is 1. The Kier molecular flexibility index (Phi) is 6.59. The van der Waals surface area contributed by atoms with E-state index in [9.17, 15) is 9.59 Å². The van der Waals surface area contributed by atoms with Gasteiger partial charge in [-0.25, -0.2) is 4.79 Å². The SMILES string of the molecule is CC(N)=O.COC(=O)c1ccccc1N1C=CSC1c1ccncc1. The number of esters is 1. The summed E-state index contributed by atoms with van der Waals surface area (Å²) in [6.07, 6.45) is 5.54. The number of rotatable bonds is 3. The topological polar surface area (TPSA) is 85.5 Å². The first-order valence-electron chi connectivity index (χ1n) is 7.48. The Balaban J connectivity index is 0.000000511. The van der Waals surface area contributed by atoms with Gasteiger partial charge in [0, 0.05) is 25.5 Å². The molecule has 0 radical (unpaired) electrons. The fourth-order valence-electron chi connectivity index (χ4n) is 2.27. The molecule has 7 heteroatoms. The molecule has 0 saturated carbocycles. The number of carbonyl (C=O) groups excluding carboxylic acids is 2. The van der Waals surface area contributed by atoms with E-state index in [1.165, 1.54) is 14.0 Å². The zero-order valence-electron chi connectivity index (χ0n) is 14.0. The fraction of sp³-hybridized carbons (Fsp3) is 0.167. The summed E-state index contributed by atoms with van der Waals surface area (Å²) >= 11 is 1.69. The van der Waals surface area contributed by atoms with Gasteiger partial charge in [-0.15, -0.1) is 11.8 Å². The monoisotopic (exact) mass is 357 g/mol. The number of hydrogen-bond donors (Lipinski definition) is 1. The standard InChI is InChI=1S/C16H14N2O2S.C2H5NO/c1-20-16(19)13-4-2-3-5-14(13)18-10-11-21-15(18)12-6-8-17-9-7-12;1-2(3)4/h2-11,15H,1H3;1H3,(H2,3,4). The number of thioether (sulfide) groups is 1. The molecule has 0 bridgehead atoms. The first kappa shape index (κ1) is 18.5. The van der Waals surface area contributed by atoms with Crippen molar-refractivity contribution in [2.45, 2.75) is 12.3 Å². The number of primary amides is 1. The second-order valence-electron chi connectivity index (χ2n) is 5.08. The van der Waals surface area contributed by atoms with Gasteiger partial charge in [-0.05, 0) is 35.2 Å². The first-order valence-corrected chi connectivity index (χ1v) is 8.42. The Morgan fingerprint density at radius 3 is 2.48 bits per heavy atom.